The van der Waals surface area contributed by atoms with E-state index in [0.717, 1.165) is 17.8 Å². The van der Waals surface area contributed by atoms with E-state index >= 15 is 0 Å². The third kappa shape index (κ3) is 1.37. The number of nitrogens with zero attached hydrogens (tertiary/aromatic N) is 3. The van der Waals surface area contributed by atoms with Crippen LogP contribution in [0.4, 0.5) is 0 Å². The number of aryl methyl sites for hydroxylation is 2. The van der Waals surface area contributed by atoms with E-state index in [-0.39, 0.29) is 0 Å². The Balaban J connectivity index is 2.84. The summed E-state index contributed by atoms with van der Waals surface area (Å²) >= 11 is 12.1. The molecule has 0 radical (unpaired) electrons. The van der Waals surface area contributed by atoms with E-state index in [1.165, 1.54) is 0 Å². The molecule has 14 heavy (non-hydrogen) atoms. The van der Waals surface area contributed by atoms with Crippen molar-refractivity contribution < 1.29 is 0 Å². The average Bonchev–Trinajstić information content (AvgIpc) is 2.58. The van der Waals surface area contributed by atoms with Gasteiger partial charge in [0.05, 0.1) is 5.02 Å². The second-order valence-corrected chi connectivity index (χ2v) is 3.85. The second-order valence-electron chi connectivity index (χ2n) is 3.08. The maximum absolute atomic E-state index is 6.07. The van der Waals surface area contributed by atoms with Gasteiger partial charge in [0.25, 0.3) is 0 Å². The van der Waals surface area contributed by atoms with E-state index in [2.05, 4.69) is 10.1 Å². The molecule has 3 nitrogen and oxygen atoms in total. The highest BCUT2D eigenvalue weighted by Gasteiger charge is 2.10. The Hall–Kier alpha value is -0.800. The van der Waals surface area contributed by atoms with Gasteiger partial charge in [0, 0.05) is 6.42 Å². The van der Waals surface area contributed by atoms with Crippen molar-refractivity contribution in [2.45, 2.75) is 20.3 Å². The number of pyridine rings is 1. The standard InChI is InChI=1S/C9H9Cl2N3/c1-3-7-12-9-6(10)4-5(2)8(11)14(9)13-7/h4H,3H2,1-2H3. The van der Waals surface area contributed by atoms with Crippen LogP contribution in [0.5, 0.6) is 0 Å². The summed E-state index contributed by atoms with van der Waals surface area (Å²) in [6.07, 6.45) is 0.771. The predicted octanol–water partition coefficient (Wildman–Crippen LogP) is 2.91. The largest absolute Gasteiger partial charge is 0.210 e. The van der Waals surface area contributed by atoms with Gasteiger partial charge in [0.2, 0.25) is 0 Å². The number of halogens is 2. The highest BCUT2D eigenvalue weighted by atomic mass is 35.5. The number of aromatic nitrogens is 3. The van der Waals surface area contributed by atoms with Crippen LogP contribution in [0, 0.1) is 6.92 Å². The molecule has 74 valence electrons. The molecule has 0 aromatic carbocycles. The molecule has 0 aliphatic rings. The van der Waals surface area contributed by atoms with Gasteiger partial charge in [0.1, 0.15) is 5.15 Å². The Morgan fingerprint density at radius 2 is 2.14 bits per heavy atom. The lowest BCUT2D eigenvalue weighted by molar-refractivity contribution is 0.882. The molecule has 0 aliphatic heterocycles. The summed E-state index contributed by atoms with van der Waals surface area (Å²) < 4.78 is 1.58. The highest BCUT2D eigenvalue weighted by Crippen LogP contribution is 2.23. The lowest BCUT2D eigenvalue weighted by Crippen LogP contribution is -1.93. The van der Waals surface area contributed by atoms with E-state index in [9.17, 15) is 0 Å². The summed E-state index contributed by atoms with van der Waals surface area (Å²) in [4.78, 5) is 4.27. The van der Waals surface area contributed by atoms with Crippen LogP contribution in [0.2, 0.25) is 10.2 Å². The zero-order valence-electron chi connectivity index (χ0n) is 7.88. The van der Waals surface area contributed by atoms with Gasteiger partial charge in [-0.2, -0.15) is 0 Å². The van der Waals surface area contributed by atoms with Crippen molar-refractivity contribution in [3.05, 3.63) is 27.6 Å². The third-order valence-electron chi connectivity index (χ3n) is 2.04. The normalized spacial score (nSPS) is 11.1. The van der Waals surface area contributed by atoms with Gasteiger partial charge < -0.3 is 0 Å². The zero-order chi connectivity index (χ0) is 10.3. The summed E-state index contributed by atoms with van der Waals surface area (Å²) in [6.45, 7) is 3.88. The SMILES string of the molecule is CCc1nc2c(Cl)cc(C)c(Cl)n2n1. The van der Waals surface area contributed by atoms with Gasteiger partial charge in [-0.15, -0.1) is 5.10 Å². The minimum absolute atomic E-state index is 0.566. The minimum atomic E-state index is 0.566. The van der Waals surface area contributed by atoms with Crippen LogP contribution in [0.25, 0.3) is 5.65 Å². The maximum atomic E-state index is 6.07. The molecule has 2 heterocycles. The van der Waals surface area contributed by atoms with Gasteiger partial charge in [0.15, 0.2) is 11.5 Å². The summed E-state index contributed by atoms with van der Waals surface area (Å²) in [5.41, 5.74) is 1.52. The molecule has 0 fully saturated rings. The average molecular weight is 230 g/mol. The Labute approximate surface area is 91.7 Å². The Morgan fingerprint density at radius 1 is 1.43 bits per heavy atom. The smallest absolute Gasteiger partial charge is 0.175 e. The fraction of sp³-hybridized carbons (Fsp3) is 0.333. The van der Waals surface area contributed by atoms with Crippen LogP contribution < -0.4 is 0 Å². The van der Waals surface area contributed by atoms with Crippen molar-refractivity contribution in [3.8, 4) is 0 Å². The molecular formula is C9H9Cl2N3. The number of hydrogen-bond acceptors (Lipinski definition) is 2. The number of rotatable bonds is 1. The molecule has 0 atom stereocenters. The monoisotopic (exact) mass is 229 g/mol. The van der Waals surface area contributed by atoms with E-state index in [0.29, 0.717) is 15.8 Å². The Bertz CT molecular complexity index is 490. The first-order valence-electron chi connectivity index (χ1n) is 4.33. The Kier molecular flexibility index (Phi) is 2.37. The topological polar surface area (TPSA) is 30.2 Å². The summed E-state index contributed by atoms with van der Waals surface area (Å²) in [5, 5.41) is 5.39. The zero-order valence-corrected chi connectivity index (χ0v) is 9.39. The molecule has 0 bridgehead atoms. The first-order valence-corrected chi connectivity index (χ1v) is 5.09. The first kappa shape index (κ1) is 9.74. The van der Waals surface area contributed by atoms with Gasteiger partial charge in [-0.05, 0) is 18.6 Å². The summed E-state index contributed by atoms with van der Waals surface area (Å²) in [5.74, 6) is 0.749. The minimum Gasteiger partial charge on any atom is -0.210 e. The van der Waals surface area contributed by atoms with Crippen molar-refractivity contribution in [2.75, 3.05) is 0 Å². The van der Waals surface area contributed by atoms with Crippen molar-refractivity contribution in [2.24, 2.45) is 0 Å². The van der Waals surface area contributed by atoms with Crippen LogP contribution in [-0.4, -0.2) is 14.6 Å². The molecule has 0 saturated heterocycles. The van der Waals surface area contributed by atoms with E-state index in [1.807, 2.05) is 13.8 Å². The molecule has 0 unspecified atom stereocenters. The number of fused-ring (bicyclic) bond motifs is 1. The second kappa shape index (κ2) is 3.41. The number of hydrogen-bond donors (Lipinski definition) is 0. The molecule has 2 aromatic rings. The van der Waals surface area contributed by atoms with Crippen LogP contribution >= 0.6 is 23.2 Å². The maximum Gasteiger partial charge on any atom is 0.175 e. The molecule has 0 aliphatic carbocycles. The van der Waals surface area contributed by atoms with Crippen molar-refractivity contribution in [1.82, 2.24) is 14.6 Å². The molecular weight excluding hydrogens is 221 g/mol. The fourth-order valence-corrected chi connectivity index (χ4v) is 1.74. The van der Waals surface area contributed by atoms with Gasteiger partial charge in [-0.1, -0.05) is 30.1 Å². The molecule has 0 saturated carbocycles. The van der Waals surface area contributed by atoms with E-state index < -0.39 is 0 Å². The van der Waals surface area contributed by atoms with Gasteiger partial charge in [-0.3, -0.25) is 0 Å². The molecule has 2 aromatic heterocycles. The molecule has 0 amide bonds. The van der Waals surface area contributed by atoms with E-state index in [4.69, 9.17) is 23.2 Å². The van der Waals surface area contributed by atoms with Gasteiger partial charge >= 0.3 is 0 Å². The molecule has 5 heteroatoms. The fourth-order valence-electron chi connectivity index (χ4n) is 1.28. The summed E-state index contributed by atoms with van der Waals surface area (Å²) in [7, 11) is 0. The lowest BCUT2D eigenvalue weighted by atomic mass is 10.3. The predicted molar refractivity (Wildman–Crippen MR) is 57.1 cm³/mol. The van der Waals surface area contributed by atoms with Crippen LogP contribution in [0.15, 0.2) is 6.07 Å². The van der Waals surface area contributed by atoms with Crippen molar-refractivity contribution in [3.63, 3.8) is 0 Å². The summed E-state index contributed by atoms with van der Waals surface area (Å²) in [6, 6.07) is 1.80. The van der Waals surface area contributed by atoms with Crippen molar-refractivity contribution in [1.29, 1.82) is 0 Å². The Morgan fingerprint density at radius 3 is 2.79 bits per heavy atom. The molecule has 0 N–H and O–H groups in total. The van der Waals surface area contributed by atoms with E-state index in [1.54, 1.807) is 10.6 Å². The highest BCUT2D eigenvalue weighted by molar-refractivity contribution is 6.35. The third-order valence-corrected chi connectivity index (χ3v) is 2.77. The lowest BCUT2D eigenvalue weighted by Gasteiger charge is -2.00. The molecule has 2 rings (SSSR count). The van der Waals surface area contributed by atoms with Gasteiger partial charge in [-0.25, -0.2) is 9.50 Å². The first-order chi connectivity index (χ1) is 6.63. The van der Waals surface area contributed by atoms with Crippen molar-refractivity contribution >= 4 is 28.8 Å². The molecule has 0 spiro atoms. The quantitative estimate of drug-likeness (QED) is 0.705. The van der Waals surface area contributed by atoms with Crippen LogP contribution in [0.3, 0.4) is 0 Å². The van der Waals surface area contributed by atoms with Crippen LogP contribution in [0.1, 0.15) is 18.3 Å². The van der Waals surface area contributed by atoms with Crippen LogP contribution in [-0.2, 0) is 6.42 Å².